The minimum Gasteiger partial charge on any atom is -0.756 e. The number of hydrogen-bond donors (Lipinski definition) is 1. The molecule has 1 N–H and O–H groups in total. The van der Waals surface area contributed by atoms with Crippen molar-refractivity contribution in [1.82, 2.24) is 5.32 Å². The Morgan fingerprint density at radius 2 is 1.00 bits per heavy atom. The van der Waals surface area contributed by atoms with Crippen LogP contribution in [-0.2, 0) is 27.9 Å². The number of nitrogens with one attached hydrogen (secondary N) is 1. The minimum atomic E-state index is -4.69. The SMILES string of the molecule is CC/C=C/C/C=C/C/C=C/CCCCCCCCC(=O)NC(COP(=O)([O-])OCC[N+](C)(C)C)C(/C=C\CCCCCCCCCCCC)OC(=O)CCCCCCC/C=C\CCCC. The van der Waals surface area contributed by atoms with Crippen LogP contribution in [0.15, 0.2) is 60.8 Å². The van der Waals surface area contributed by atoms with Crippen LogP contribution in [0.3, 0.4) is 0 Å². The van der Waals surface area contributed by atoms with E-state index in [1.54, 1.807) is 0 Å². The van der Waals surface area contributed by atoms with Gasteiger partial charge in [-0.1, -0.05) is 191 Å². The van der Waals surface area contributed by atoms with Crippen molar-refractivity contribution in [3.63, 3.8) is 0 Å². The molecule has 3 unspecified atom stereocenters. The molecule has 3 atom stereocenters. The van der Waals surface area contributed by atoms with Crippen molar-refractivity contribution >= 4 is 19.7 Å². The van der Waals surface area contributed by atoms with Crippen molar-refractivity contribution < 1.29 is 37.3 Å². The van der Waals surface area contributed by atoms with Crippen LogP contribution < -0.4 is 10.2 Å². The van der Waals surface area contributed by atoms with Gasteiger partial charge in [0.25, 0.3) is 7.82 Å². The fraction of sp³-hybridized carbons (Fsp3) is 0.782. The van der Waals surface area contributed by atoms with Gasteiger partial charge in [0.05, 0.1) is 33.8 Å². The normalized spacial score (nSPS) is 14.4. The lowest BCUT2D eigenvalue weighted by atomic mass is 10.0. The van der Waals surface area contributed by atoms with Gasteiger partial charge in [0.2, 0.25) is 5.91 Å². The number of carbonyl (C=O) groups excluding carboxylic acids is 2. The molecule has 0 aromatic carbocycles. The van der Waals surface area contributed by atoms with Gasteiger partial charge in [-0.25, -0.2) is 0 Å². The molecule has 0 aromatic heterocycles. The van der Waals surface area contributed by atoms with Gasteiger partial charge in [0.15, 0.2) is 0 Å². The third kappa shape index (κ3) is 46.6. The number of unbranched alkanes of at least 4 members (excludes halogenated alkanes) is 23. The zero-order valence-electron chi connectivity index (χ0n) is 42.9. The molecular weight excluding hydrogens is 832 g/mol. The van der Waals surface area contributed by atoms with E-state index in [4.69, 9.17) is 13.8 Å². The van der Waals surface area contributed by atoms with E-state index in [0.717, 1.165) is 128 Å². The Balaban J connectivity index is 5.42. The van der Waals surface area contributed by atoms with Crippen LogP contribution in [0.2, 0.25) is 0 Å². The number of hydrogen-bond acceptors (Lipinski definition) is 7. The maximum atomic E-state index is 13.4. The highest BCUT2D eigenvalue weighted by molar-refractivity contribution is 7.45. The fourth-order valence-electron chi connectivity index (χ4n) is 7.28. The summed E-state index contributed by atoms with van der Waals surface area (Å²) >= 11 is 0. The second-order valence-electron chi connectivity index (χ2n) is 19.0. The van der Waals surface area contributed by atoms with Crippen molar-refractivity contribution in [1.29, 1.82) is 0 Å². The Kier molecular flexibility index (Phi) is 43.9. The molecule has 0 spiro atoms. The molecule has 0 fully saturated rings. The molecule has 0 aliphatic carbocycles. The van der Waals surface area contributed by atoms with Gasteiger partial charge < -0.3 is 28.5 Å². The fourth-order valence-corrected chi connectivity index (χ4v) is 8.00. The number of likely N-dealkylation sites (N-methyl/N-ethyl adjacent to an activating group) is 1. The quantitative estimate of drug-likeness (QED) is 0.0212. The molecule has 0 radical (unpaired) electrons. The molecule has 0 saturated carbocycles. The standard InChI is InChI=1S/C55H101N2O7P/c1-7-10-13-16-19-22-25-27-28-29-30-33-35-38-41-44-47-54(58)56-52(51-63-65(60,61)62-50-49-57(4,5)6)53(46-43-40-37-34-32-26-23-20-17-14-11-8-2)64-55(59)48-45-42-39-36-31-24-21-18-15-12-9-3/h10,13,18-19,21-22,27-28,43,46,52-53H,7-9,11-12,14-17,20,23-26,29-42,44-45,47-51H2,1-6H3,(H-,56,58,60,61)/b13-10+,21-18-,22-19+,28-27+,46-43-. The molecule has 10 heteroatoms. The number of ether oxygens (including phenoxy) is 1. The first kappa shape index (κ1) is 62.7. The molecule has 0 aliphatic rings. The second-order valence-corrected chi connectivity index (χ2v) is 20.4. The summed E-state index contributed by atoms with van der Waals surface area (Å²) in [5.74, 6) is -0.570. The van der Waals surface area contributed by atoms with E-state index in [0.29, 0.717) is 17.4 Å². The third-order valence-corrected chi connectivity index (χ3v) is 12.4. The molecule has 1 amide bonds. The molecule has 9 nitrogen and oxygen atoms in total. The van der Waals surface area contributed by atoms with Crippen LogP contribution in [0, 0.1) is 0 Å². The van der Waals surface area contributed by atoms with E-state index < -0.39 is 26.6 Å². The number of esters is 1. The summed E-state index contributed by atoms with van der Waals surface area (Å²) in [6.45, 7) is 6.66. The lowest BCUT2D eigenvalue weighted by Crippen LogP contribution is -2.47. The topological polar surface area (TPSA) is 114 Å². The van der Waals surface area contributed by atoms with Crippen molar-refractivity contribution in [2.75, 3.05) is 40.9 Å². The number of nitrogens with zero attached hydrogens (tertiary/aromatic N) is 1. The van der Waals surface area contributed by atoms with E-state index in [2.05, 4.69) is 74.7 Å². The van der Waals surface area contributed by atoms with E-state index in [1.165, 1.54) is 64.2 Å². The largest absolute Gasteiger partial charge is 0.756 e. The van der Waals surface area contributed by atoms with E-state index in [9.17, 15) is 19.0 Å². The summed E-state index contributed by atoms with van der Waals surface area (Å²) in [4.78, 5) is 39.7. The maximum absolute atomic E-state index is 13.4. The molecule has 65 heavy (non-hydrogen) atoms. The van der Waals surface area contributed by atoms with Crippen molar-refractivity contribution in [2.45, 2.75) is 238 Å². The Morgan fingerprint density at radius 3 is 1.54 bits per heavy atom. The first-order chi connectivity index (χ1) is 31.4. The highest BCUT2D eigenvalue weighted by Gasteiger charge is 2.27. The molecule has 0 aromatic rings. The van der Waals surface area contributed by atoms with Crippen LogP contribution in [-0.4, -0.2) is 69.4 Å². The molecule has 0 aliphatic heterocycles. The molecule has 0 rings (SSSR count). The number of carbonyl (C=O) groups is 2. The first-order valence-corrected chi connectivity index (χ1v) is 28.1. The lowest BCUT2D eigenvalue weighted by Gasteiger charge is -2.30. The van der Waals surface area contributed by atoms with Crippen LogP contribution in [0.5, 0.6) is 0 Å². The molecule has 0 bridgehead atoms. The van der Waals surface area contributed by atoms with E-state index in [-0.39, 0.29) is 24.9 Å². The summed E-state index contributed by atoms with van der Waals surface area (Å²) in [6.07, 6.45) is 54.7. The van der Waals surface area contributed by atoms with Gasteiger partial charge in [0, 0.05) is 12.8 Å². The first-order valence-electron chi connectivity index (χ1n) is 26.6. The van der Waals surface area contributed by atoms with Gasteiger partial charge >= 0.3 is 5.97 Å². The average molecular weight is 933 g/mol. The second kappa shape index (κ2) is 45.5. The monoisotopic (exact) mass is 933 g/mol. The molecular formula is C55H101N2O7P. The third-order valence-electron chi connectivity index (χ3n) is 11.4. The Hall–Kier alpha value is -2.29. The number of amides is 1. The number of quaternary nitrogens is 1. The highest BCUT2D eigenvalue weighted by atomic mass is 31.2. The zero-order chi connectivity index (χ0) is 48.0. The van der Waals surface area contributed by atoms with Crippen molar-refractivity contribution in [3.05, 3.63) is 60.8 Å². The van der Waals surface area contributed by atoms with Crippen LogP contribution >= 0.6 is 7.82 Å². The Labute approximate surface area is 401 Å². The summed E-state index contributed by atoms with van der Waals surface area (Å²) in [5, 5.41) is 3.00. The Morgan fingerprint density at radius 1 is 0.554 bits per heavy atom. The van der Waals surface area contributed by atoms with Crippen LogP contribution in [0.25, 0.3) is 0 Å². The number of phosphoric ester groups is 1. The van der Waals surface area contributed by atoms with Gasteiger partial charge in [-0.05, 0) is 83.1 Å². The lowest BCUT2D eigenvalue weighted by molar-refractivity contribution is -0.870. The van der Waals surface area contributed by atoms with Gasteiger partial charge in [-0.3, -0.25) is 14.2 Å². The van der Waals surface area contributed by atoms with Crippen molar-refractivity contribution in [2.24, 2.45) is 0 Å². The predicted molar refractivity (Wildman–Crippen MR) is 275 cm³/mol. The van der Waals surface area contributed by atoms with E-state index >= 15 is 0 Å². The number of phosphoric acid groups is 1. The zero-order valence-corrected chi connectivity index (χ0v) is 43.8. The summed E-state index contributed by atoms with van der Waals surface area (Å²) in [5.41, 5.74) is 0. The minimum absolute atomic E-state index is 0.0279. The molecule has 378 valence electrons. The summed E-state index contributed by atoms with van der Waals surface area (Å²) in [7, 11) is 1.16. The van der Waals surface area contributed by atoms with Gasteiger partial charge in [-0.2, -0.15) is 0 Å². The number of rotatable bonds is 47. The highest BCUT2D eigenvalue weighted by Crippen LogP contribution is 2.38. The molecule has 0 heterocycles. The number of allylic oxidation sites excluding steroid dienone is 9. The predicted octanol–water partition coefficient (Wildman–Crippen LogP) is 14.9. The Bertz CT molecular complexity index is 1300. The van der Waals surface area contributed by atoms with Crippen LogP contribution in [0.1, 0.15) is 226 Å². The summed E-state index contributed by atoms with van der Waals surface area (Å²) in [6, 6.07) is -0.897. The average Bonchev–Trinajstić information content (AvgIpc) is 3.26. The summed E-state index contributed by atoms with van der Waals surface area (Å²) < 4.78 is 30.1. The van der Waals surface area contributed by atoms with Gasteiger partial charge in [-0.15, -0.1) is 0 Å². The maximum Gasteiger partial charge on any atom is 0.306 e. The van der Waals surface area contributed by atoms with Crippen LogP contribution in [0.4, 0.5) is 0 Å². The molecule has 0 saturated heterocycles. The van der Waals surface area contributed by atoms with Gasteiger partial charge in [0.1, 0.15) is 19.3 Å². The van der Waals surface area contributed by atoms with E-state index in [1.807, 2.05) is 33.3 Å². The smallest absolute Gasteiger partial charge is 0.306 e. The van der Waals surface area contributed by atoms with Crippen molar-refractivity contribution in [3.8, 4) is 0 Å².